The fraction of sp³-hybridized carbons (Fsp3) is 0.727. The van der Waals surface area contributed by atoms with E-state index in [1.54, 1.807) is 48.5 Å². The summed E-state index contributed by atoms with van der Waals surface area (Å²) >= 11 is 0. The second-order valence-corrected chi connectivity index (χ2v) is 4.01. The molecule has 12 nitrogen and oxygen atoms in total. The van der Waals surface area contributed by atoms with Crippen molar-refractivity contribution in [3.8, 4) is 0 Å². The number of ether oxygens (including phenoxy) is 1. The molecule has 0 aliphatic carbocycles. The molecule has 0 bridgehead atoms. The monoisotopic (exact) mass is 508 g/mol. The van der Waals surface area contributed by atoms with Gasteiger partial charge in [-0.2, -0.15) is 4.89 Å². The average molecular weight is 509 g/mol. The maximum Gasteiger partial charge on any atom is 0.365 e. The van der Waals surface area contributed by atoms with Crippen molar-refractivity contribution in [3.63, 3.8) is 0 Å². The van der Waals surface area contributed by atoms with Gasteiger partial charge in [0.2, 0.25) is 0 Å². The number of carbonyl (C=O) groups excluding carboxylic acids is 2. The van der Waals surface area contributed by atoms with Crippen molar-refractivity contribution in [3.05, 3.63) is 25.3 Å². The Balaban J connectivity index is -0.0000000443. The Hall–Kier alpha value is -1.90. The molecule has 0 atom stereocenters. The molecule has 0 heterocycles. The Morgan fingerprint density at radius 1 is 0.559 bits per heavy atom. The molecule has 0 saturated heterocycles. The Bertz CT molecular complexity index is 273. The van der Waals surface area contributed by atoms with Gasteiger partial charge in [0.25, 0.3) is 0 Å². The van der Waals surface area contributed by atoms with Gasteiger partial charge < -0.3 is 40.5 Å². The molecule has 0 aliphatic heterocycles. The van der Waals surface area contributed by atoms with E-state index in [0.29, 0.717) is 0 Å². The molecule has 12 heteroatoms. The fourth-order valence-corrected chi connectivity index (χ4v) is 0.369. The van der Waals surface area contributed by atoms with Gasteiger partial charge in [-0.1, -0.05) is 13.2 Å². The minimum Gasteiger partial charge on any atom is -0.460 e. The summed E-state index contributed by atoms with van der Waals surface area (Å²) in [6.07, 6.45) is 1.98. The molecular formula is C22H52O12. The molecule has 34 heavy (non-hydrogen) atoms. The van der Waals surface area contributed by atoms with E-state index < -0.39 is 11.9 Å². The molecule has 212 valence electrons. The minimum absolute atomic E-state index is 0.00469. The van der Waals surface area contributed by atoms with E-state index in [4.69, 9.17) is 35.7 Å². The third-order valence-corrected chi connectivity index (χ3v) is 0.885. The van der Waals surface area contributed by atoms with Crippen molar-refractivity contribution < 1.29 is 59.8 Å². The van der Waals surface area contributed by atoms with Gasteiger partial charge in [-0.15, -0.1) is 0 Å². The van der Waals surface area contributed by atoms with E-state index >= 15 is 0 Å². The predicted octanol–water partition coefficient (Wildman–Crippen LogP) is 0.367. The average Bonchev–Trinajstić information content (AvgIpc) is 2.77. The molecule has 0 aliphatic rings. The van der Waals surface area contributed by atoms with Crippen molar-refractivity contribution in [2.24, 2.45) is 0 Å². The Labute approximate surface area is 205 Å². The molecule has 0 aromatic carbocycles. The quantitative estimate of drug-likeness (QED) is 0.0854. The lowest BCUT2D eigenvalue weighted by atomic mass is 10.6. The van der Waals surface area contributed by atoms with E-state index in [9.17, 15) is 9.59 Å². The van der Waals surface area contributed by atoms with Crippen molar-refractivity contribution in [2.75, 3.05) is 59.5 Å². The van der Waals surface area contributed by atoms with Gasteiger partial charge in [0.05, 0.1) is 0 Å². The third-order valence-electron chi connectivity index (χ3n) is 0.885. The number of esters is 1. The van der Waals surface area contributed by atoms with Gasteiger partial charge in [-0.25, -0.2) is 9.59 Å². The first-order valence-corrected chi connectivity index (χ1v) is 10.6. The van der Waals surface area contributed by atoms with Gasteiger partial charge in [-0.05, 0) is 48.5 Å². The summed E-state index contributed by atoms with van der Waals surface area (Å²) in [6, 6.07) is 0. The zero-order valence-electron chi connectivity index (χ0n) is 22.1. The Morgan fingerprint density at radius 3 is 1.00 bits per heavy atom. The topological polar surface area (TPSA) is 203 Å². The maximum absolute atomic E-state index is 10.4. The highest BCUT2D eigenvalue weighted by molar-refractivity contribution is 5.81. The smallest absolute Gasteiger partial charge is 0.365 e. The third kappa shape index (κ3) is 250. The summed E-state index contributed by atoms with van der Waals surface area (Å²) in [5, 5.41) is 53.0. The van der Waals surface area contributed by atoms with Crippen molar-refractivity contribution in [2.45, 2.75) is 48.5 Å². The molecule has 0 fully saturated rings. The highest BCUT2D eigenvalue weighted by atomic mass is 17.2. The summed E-state index contributed by atoms with van der Waals surface area (Å²) in [4.78, 5) is 29.3. The summed E-state index contributed by atoms with van der Waals surface area (Å²) in [7, 11) is 0. The predicted molar refractivity (Wildman–Crippen MR) is 133 cm³/mol. The minimum atomic E-state index is -0.699. The van der Waals surface area contributed by atoms with Crippen LogP contribution in [0.15, 0.2) is 25.3 Å². The second-order valence-electron chi connectivity index (χ2n) is 4.01. The lowest BCUT2D eigenvalue weighted by Crippen LogP contribution is -2.10. The number of aliphatic hydroxyl groups is 7. The van der Waals surface area contributed by atoms with Crippen molar-refractivity contribution in [1.82, 2.24) is 0 Å². The lowest BCUT2D eigenvalue weighted by molar-refractivity contribution is -0.270. The molecule has 0 radical (unpaired) electrons. The second kappa shape index (κ2) is 86.0. The number of aliphatic hydroxyl groups excluding tert-OH is 7. The summed E-state index contributed by atoms with van der Waals surface area (Å²) in [5.74, 6) is -1.26. The van der Waals surface area contributed by atoms with Crippen LogP contribution in [0, 0.1) is 0 Å². The van der Waals surface area contributed by atoms with Gasteiger partial charge in [0, 0.05) is 58.4 Å². The van der Waals surface area contributed by atoms with E-state index in [1.807, 2.05) is 0 Å². The molecule has 7 N–H and O–H groups in total. The summed E-state index contributed by atoms with van der Waals surface area (Å²) in [5.41, 5.74) is 0. The standard InChI is InChI=1S/C8H10O5.7C2H6O/c1-3-7(9)11-5-6-12-13-8(10)4-2;7*1-2-3/h3-4H,1-2,5-6H2;7*3H,2H2,1H3. The molecule has 0 unspecified atom stereocenters. The van der Waals surface area contributed by atoms with Crippen LogP contribution in [0.5, 0.6) is 0 Å². The van der Waals surface area contributed by atoms with Crippen LogP contribution in [0.25, 0.3) is 0 Å². The number of carbonyl (C=O) groups is 2. The number of hydrogen-bond donors (Lipinski definition) is 7. The first kappa shape index (κ1) is 53.5. The maximum atomic E-state index is 10.4. The van der Waals surface area contributed by atoms with Gasteiger partial charge >= 0.3 is 11.9 Å². The zero-order chi connectivity index (χ0) is 29.1. The largest absolute Gasteiger partial charge is 0.460 e. The van der Waals surface area contributed by atoms with E-state index in [1.165, 1.54) is 0 Å². The molecule has 0 aromatic rings. The van der Waals surface area contributed by atoms with Crippen molar-refractivity contribution >= 4 is 11.9 Å². The van der Waals surface area contributed by atoms with Crippen LogP contribution in [0.1, 0.15) is 48.5 Å². The van der Waals surface area contributed by atoms with Crippen LogP contribution in [0.4, 0.5) is 0 Å². The van der Waals surface area contributed by atoms with Crippen LogP contribution in [0.2, 0.25) is 0 Å². The Kier molecular flexibility index (Phi) is 135. The number of rotatable bonds is 6. The van der Waals surface area contributed by atoms with Gasteiger partial charge in [0.1, 0.15) is 13.2 Å². The highest BCUT2D eigenvalue weighted by Gasteiger charge is 1.98. The van der Waals surface area contributed by atoms with Crippen LogP contribution in [0.3, 0.4) is 0 Å². The molecule has 0 spiro atoms. The normalized spacial score (nSPS) is 7.00. The summed E-state index contributed by atoms with van der Waals surface area (Å²) in [6.45, 7) is 19.8. The fourth-order valence-electron chi connectivity index (χ4n) is 0.369. The summed E-state index contributed by atoms with van der Waals surface area (Å²) < 4.78 is 4.51. The number of hydrogen-bond acceptors (Lipinski definition) is 12. The van der Waals surface area contributed by atoms with Crippen LogP contribution < -0.4 is 0 Å². The molecule has 0 amide bonds. The highest BCUT2D eigenvalue weighted by Crippen LogP contribution is 1.84. The van der Waals surface area contributed by atoms with Gasteiger partial charge in [-0.3, -0.25) is 4.89 Å². The van der Waals surface area contributed by atoms with Gasteiger partial charge in [0.15, 0.2) is 0 Å². The lowest BCUT2D eigenvalue weighted by Gasteiger charge is -2.01. The molecule has 0 saturated carbocycles. The van der Waals surface area contributed by atoms with E-state index in [2.05, 4.69) is 27.7 Å². The van der Waals surface area contributed by atoms with Crippen LogP contribution in [-0.4, -0.2) is 107 Å². The van der Waals surface area contributed by atoms with E-state index in [0.717, 1.165) is 12.2 Å². The zero-order valence-corrected chi connectivity index (χ0v) is 22.1. The molecular weight excluding hydrogens is 456 g/mol. The van der Waals surface area contributed by atoms with Crippen LogP contribution in [-0.2, 0) is 24.1 Å². The SMILES string of the molecule is C=CC(=O)OCCOOC(=O)C=C.CCO.CCO.CCO.CCO.CCO.CCO.CCO. The van der Waals surface area contributed by atoms with E-state index in [-0.39, 0.29) is 59.5 Å². The first-order chi connectivity index (χ1) is 16.1. The van der Waals surface area contributed by atoms with Crippen LogP contribution >= 0.6 is 0 Å². The van der Waals surface area contributed by atoms with Crippen molar-refractivity contribution in [1.29, 1.82) is 0 Å². The molecule has 0 aromatic heterocycles. The Morgan fingerprint density at radius 2 is 0.794 bits per heavy atom. The first-order valence-electron chi connectivity index (χ1n) is 10.6. The molecule has 0 rings (SSSR count).